The Bertz CT molecular complexity index is 699. The zero-order valence-corrected chi connectivity index (χ0v) is 12.3. The van der Waals surface area contributed by atoms with Crippen molar-refractivity contribution in [1.29, 1.82) is 5.26 Å². The third-order valence-electron chi connectivity index (χ3n) is 3.08. The lowest BCUT2D eigenvalue weighted by Crippen LogP contribution is -2.10. The van der Waals surface area contributed by atoms with E-state index in [0.29, 0.717) is 10.6 Å². The molecule has 1 N–H and O–H groups in total. The van der Waals surface area contributed by atoms with Crippen molar-refractivity contribution in [3.05, 3.63) is 46.1 Å². The summed E-state index contributed by atoms with van der Waals surface area (Å²) in [7, 11) is 0. The standard InChI is InChI=1S/C15H12ClF3N2O/c1-2-22-8-12-11(7-20)13(21-14(12)15(17,18)19)9-3-5-10(16)6-4-9/h3-6,21H,2,8H2,1H3. The zero-order valence-electron chi connectivity index (χ0n) is 11.6. The van der Waals surface area contributed by atoms with E-state index in [0.717, 1.165) is 0 Å². The van der Waals surface area contributed by atoms with Gasteiger partial charge < -0.3 is 9.72 Å². The van der Waals surface area contributed by atoms with Crippen molar-refractivity contribution < 1.29 is 17.9 Å². The van der Waals surface area contributed by atoms with Crippen LogP contribution in [0, 0.1) is 11.3 Å². The number of ether oxygens (including phenoxy) is 1. The van der Waals surface area contributed by atoms with Gasteiger partial charge in [0.1, 0.15) is 11.8 Å². The second kappa shape index (κ2) is 6.42. The van der Waals surface area contributed by atoms with Crippen LogP contribution < -0.4 is 0 Å². The summed E-state index contributed by atoms with van der Waals surface area (Å²) in [4.78, 5) is 2.32. The minimum Gasteiger partial charge on any atom is -0.377 e. The summed E-state index contributed by atoms with van der Waals surface area (Å²) in [5, 5.41) is 9.73. The van der Waals surface area contributed by atoms with Crippen molar-refractivity contribution in [1.82, 2.24) is 4.98 Å². The van der Waals surface area contributed by atoms with Crippen molar-refractivity contribution >= 4 is 11.6 Å². The highest BCUT2D eigenvalue weighted by Gasteiger charge is 2.38. The maximum absolute atomic E-state index is 13.2. The van der Waals surface area contributed by atoms with Crippen LogP contribution in [0.2, 0.25) is 5.02 Å². The van der Waals surface area contributed by atoms with Crippen LogP contribution in [0.1, 0.15) is 23.7 Å². The lowest BCUT2D eigenvalue weighted by Gasteiger charge is -2.07. The number of halogens is 4. The molecule has 2 rings (SSSR count). The molecule has 0 radical (unpaired) electrons. The molecule has 1 aromatic carbocycles. The lowest BCUT2D eigenvalue weighted by molar-refractivity contribution is -0.142. The summed E-state index contributed by atoms with van der Waals surface area (Å²) in [6.07, 6.45) is -4.59. The average Bonchev–Trinajstić information content (AvgIpc) is 2.84. The monoisotopic (exact) mass is 328 g/mol. The molecule has 0 spiro atoms. The number of nitriles is 1. The van der Waals surface area contributed by atoms with Gasteiger partial charge in [-0.3, -0.25) is 0 Å². The zero-order chi connectivity index (χ0) is 16.3. The van der Waals surface area contributed by atoms with Gasteiger partial charge in [-0.2, -0.15) is 18.4 Å². The van der Waals surface area contributed by atoms with Crippen molar-refractivity contribution in [3.8, 4) is 17.3 Å². The van der Waals surface area contributed by atoms with E-state index in [2.05, 4.69) is 4.98 Å². The molecule has 0 aliphatic heterocycles. The van der Waals surface area contributed by atoms with Gasteiger partial charge in [-0.1, -0.05) is 23.7 Å². The van der Waals surface area contributed by atoms with Crippen LogP contribution in [0.25, 0.3) is 11.3 Å². The molecule has 3 nitrogen and oxygen atoms in total. The molecule has 0 aliphatic rings. The number of alkyl halides is 3. The van der Waals surface area contributed by atoms with Crippen LogP contribution in [0.3, 0.4) is 0 Å². The van der Waals surface area contributed by atoms with Crippen molar-refractivity contribution in [2.24, 2.45) is 0 Å². The molecule has 0 atom stereocenters. The molecule has 0 fully saturated rings. The van der Waals surface area contributed by atoms with E-state index in [1.807, 2.05) is 6.07 Å². The predicted octanol–water partition coefficient (Wildman–Crippen LogP) is 4.76. The highest BCUT2D eigenvalue weighted by Crippen LogP contribution is 2.37. The Hall–Kier alpha value is -1.97. The number of aromatic amines is 1. The molecule has 0 aliphatic carbocycles. The molecule has 2 aromatic rings. The fourth-order valence-corrected chi connectivity index (χ4v) is 2.21. The SMILES string of the molecule is CCOCc1c(C(F)(F)F)[nH]c(-c2ccc(Cl)cc2)c1C#N. The lowest BCUT2D eigenvalue weighted by atomic mass is 10.1. The number of H-pyrrole nitrogens is 1. The number of nitrogens with zero attached hydrogens (tertiary/aromatic N) is 1. The minimum absolute atomic E-state index is 0.0666. The van der Waals surface area contributed by atoms with Gasteiger partial charge in [0, 0.05) is 17.2 Å². The molecule has 22 heavy (non-hydrogen) atoms. The smallest absolute Gasteiger partial charge is 0.377 e. The maximum atomic E-state index is 13.2. The summed E-state index contributed by atoms with van der Waals surface area (Å²) in [5.41, 5.74) is -0.636. The topological polar surface area (TPSA) is 48.8 Å². The van der Waals surface area contributed by atoms with E-state index >= 15 is 0 Å². The van der Waals surface area contributed by atoms with Gasteiger partial charge in [0.05, 0.1) is 17.9 Å². The quantitative estimate of drug-likeness (QED) is 0.879. The second-order valence-electron chi connectivity index (χ2n) is 4.48. The number of benzene rings is 1. The van der Waals surface area contributed by atoms with Crippen molar-refractivity contribution in [2.45, 2.75) is 19.7 Å². The van der Waals surface area contributed by atoms with Gasteiger partial charge in [-0.15, -0.1) is 0 Å². The highest BCUT2D eigenvalue weighted by atomic mass is 35.5. The normalized spacial score (nSPS) is 11.5. The van der Waals surface area contributed by atoms with Crippen LogP contribution >= 0.6 is 11.6 Å². The van der Waals surface area contributed by atoms with Crippen molar-refractivity contribution in [2.75, 3.05) is 6.61 Å². The summed E-state index contributed by atoms with van der Waals surface area (Å²) in [6, 6.07) is 8.04. The number of hydrogen-bond donors (Lipinski definition) is 1. The molecule has 0 saturated carbocycles. The summed E-state index contributed by atoms with van der Waals surface area (Å²) in [5.74, 6) is 0. The van der Waals surface area contributed by atoms with Crippen LogP contribution in [-0.2, 0) is 17.5 Å². The van der Waals surface area contributed by atoms with E-state index in [-0.39, 0.29) is 30.0 Å². The van der Waals surface area contributed by atoms with Crippen molar-refractivity contribution in [3.63, 3.8) is 0 Å². The molecule has 116 valence electrons. The third-order valence-corrected chi connectivity index (χ3v) is 3.33. The summed E-state index contributed by atoms with van der Waals surface area (Å²) >= 11 is 5.78. The number of hydrogen-bond acceptors (Lipinski definition) is 2. The van der Waals surface area contributed by atoms with E-state index in [4.69, 9.17) is 16.3 Å². The Morgan fingerprint density at radius 2 is 1.91 bits per heavy atom. The molecule has 1 aromatic heterocycles. The molecule has 1 heterocycles. The Morgan fingerprint density at radius 3 is 2.41 bits per heavy atom. The number of rotatable bonds is 4. The maximum Gasteiger partial charge on any atom is 0.431 e. The number of aromatic nitrogens is 1. The first kappa shape index (κ1) is 16.4. The Labute approximate surface area is 130 Å². The summed E-state index contributed by atoms with van der Waals surface area (Å²) < 4.78 is 44.6. The van der Waals surface area contributed by atoms with Crippen LogP contribution in [0.4, 0.5) is 13.2 Å². The third kappa shape index (κ3) is 3.26. The first-order chi connectivity index (χ1) is 10.4. The second-order valence-corrected chi connectivity index (χ2v) is 4.92. The fourth-order valence-electron chi connectivity index (χ4n) is 2.09. The molecule has 0 saturated heterocycles. The van der Waals surface area contributed by atoms with E-state index in [1.165, 1.54) is 0 Å². The van der Waals surface area contributed by atoms with E-state index in [1.54, 1.807) is 31.2 Å². The molecular weight excluding hydrogens is 317 g/mol. The first-order valence-electron chi connectivity index (χ1n) is 6.44. The Kier molecular flexibility index (Phi) is 4.79. The largest absolute Gasteiger partial charge is 0.431 e. The average molecular weight is 329 g/mol. The molecule has 0 amide bonds. The minimum atomic E-state index is -4.59. The molecule has 7 heteroatoms. The van der Waals surface area contributed by atoms with Crippen LogP contribution in [0.5, 0.6) is 0 Å². The van der Waals surface area contributed by atoms with Gasteiger partial charge in [0.25, 0.3) is 0 Å². The number of nitrogens with one attached hydrogen (secondary N) is 1. The summed E-state index contributed by atoms with van der Waals surface area (Å²) in [6.45, 7) is 1.65. The van der Waals surface area contributed by atoms with Crippen LogP contribution in [-0.4, -0.2) is 11.6 Å². The van der Waals surface area contributed by atoms with Gasteiger partial charge >= 0.3 is 6.18 Å². The molecule has 0 bridgehead atoms. The predicted molar refractivity (Wildman–Crippen MR) is 76.3 cm³/mol. The van der Waals surface area contributed by atoms with E-state index < -0.39 is 11.9 Å². The van der Waals surface area contributed by atoms with Gasteiger partial charge in [-0.25, -0.2) is 0 Å². The Morgan fingerprint density at radius 1 is 1.27 bits per heavy atom. The molecule has 0 unspecified atom stereocenters. The fraction of sp³-hybridized carbons (Fsp3) is 0.267. The van der Waals surface area contributed by atoms with Gasteiger partial charge in [0.15, 0.2) is 0 Å². The van der Waals surface area contributed by atoms with Gasteiger partial charge in [0.2, 0.25) is 0 Å². The highest BCUT2D eigenvalue weighted by molar-refractivity contribution is 6.30. The molecular formula is C15H12ClF3N2O. The van der Waals surface area contributed by atoms with Crippen LogP contribution in [0.15, 0.2) is 24.3 Å². The van der Waals surface area contributed by atoms with E-state index in [9.17, 15) is 18.4 Å². The van der Waals surface area contributed by atoms with Gasteiger partial charge in [-0.05, 0) is 24.6 Å². The first-order valence-corrected chi connectivity index (χ1v) is 6.82. The Balaban J connectivity index is 2.62.